The highest BCUT2D eigenvalue weighted by Crippen LogP contribution is 2.18. The summed E-state index contributed by atoms with van der Waals surface area (Å²) in [5.41, 5.74) is 2.20. The van der Waals surface area contributed by atoms with E-state index in [4.69, 9.17) is 9.26 Å². The number of benzene rings is 1. The van der Waals surface area contributed by atoms with Gasteiger partial charge in [-0.2, -0.15) is 0 Å². The van der Waals surface area contributed by atoms with Crippen LogP contribution in [-0.2, 0) is 11.4 Å². The summed E-state index contributed by atoms with van der Waals surface area (Å²) in [5.74, 6) is 1.20. The molecule has 0 atom stereocenters. The minimum absolute atomic E-state index is 0.101. The van der Waals surface area contributed by atoms with Crippen molar-refractivity contribution in [3.63, 3.8) is 0 Å². The van der Waals surface area contributed by atoms with Gasteiger partial charge in [0.05, 0.1) is 11.3 Å². The Labute approximate surface area is 158 Å². The molecule has 0 unspecified atom stereocenters. The van der Waals surface area contributed by atoms with Crippen LogP contribution < -0.4 is 10.1 Å². The van der Waals surface area contributed by atoms with Crippen LogP contribution in [0.3, 0.4) is 0 Å². The van der Waals surface area contributed by atoms with Gasteiger partial charge in [0.25, 0.3) is 5.91 Å². The van der Waals surface area contributed by atoms with Crippen LogP contribution in [0, 0.1) is 13.8 Å². The molecule has 0 radical (unpaired) electrons. The molecule has 2 heterocycles. The maximum atomic E-state index is 12.3. The Bertz CT molecular complexity index is 790. The molecule has 0 spiro atoms. The molecule has 1 fully saturated rings. The first-order chi connectivity index (χ1) is 13.0. The van der Waals surface area contributed by atoms with Crippen molar-refractivity contribution in [3.05, 3.63) is 46.8 Å². The molecular formula is C20H25N3O4. The summed E-state index contributed by atoms with van der Waals surface area (Å²) in [6, 6.07) is 6.98. The molecule has 0 bridgehead atoms. The van der Waals surface area contributed by atoms with E-state index in [2.05, 4.69) is 10.5 Å². The van der Waals surface area contributed by atoms with Crippen LogP contribution in [0.15, 0.2) is 28.8 Å². The molecular weight excluding hydrogens is 346 g/mol. The summed E-state index contributed by atoms with van der Waals surface area (Å²) in [5, 5.41) is 6.70. The van der Waals surface area contributed by atoms with Crippen LogP contribution in [0.4, 0.5) is 0 Å². The first-order valence-corrected chi connectivity index (χ1v) is 9.25. The molecule has 1 aromatic carbocycles. The SMILES string of the molecule is Cc1noc(C)c1COc1cccc(C(=O)NCCC(=O)N2CCCC2)c1. The predicted octanol–water partition coefficient (Wildman–Crippen LogP) is 2.61. The normalized spacial score (nSPS) is 13.6. The summed E-state index contributed by atoms with van der Waals surface area (Å²) in [7, 11) is 0. The number of carbonyl (C=O) groups is 2. The number of rotatable bonds is 7. The van der Waals surface area contributed by atoms with E-state index >= 15 is 0 Å². The van der Waals surface area contributed by atoms with Crippen molar-refractivity contribution >= 4 is 11.8 Å². The van der Waals surface area contributed by atoms with Gasteiger partial charge in [0.15, 0.2) is 0 Å². The second kappa shape index (κ2) is 8.70. The highest BCUT2D eigenvalue weighted by Gasteiger charge is 2.17. The van der Waals surface area contributed by atoms with Crippen LogP contribution in [0.5, 0.6) is 5.75 Å². The zero-order chi connectivity index (χ0) is 19.2. The zero-order valence-electron chi connectivity index (χ0n) is 15.8. The van der Waals surface area contributed by atoms with Crippen molar-refractivity contribution in [2.45, 2.75) is 39.7 Å². The highest BCUT2D eigenvalue weighted by atomic mass is 16.5. The predicted molar refractivity (Wildman–Crippen MR) is 99.5 cm³/mol. The number of nitrogens with one attached hydrogen (secondary N) is 1. The van der Waals surface area contributed by atoms with Crippen molar-refractivity contribution in [2.75, 3.05) is 19.6 Å². The lowest BCUT2D eigenvalue weighted by Gasteiger charge is -2.15. The van der Waals surface area contributed by atoms with E-state index < -0.39 is 0 Å². The van der Waals surface area contributed by atoms with Crippen LogP contribution in [-0.4, -0.2) is 41.5 Å². The number of hydrogen-bond acceptors (Lipinski definition) is 5. The fraction of sp³-hybridized carbons (Fsp3) is 0.450. The number of aromatic nitrogens is 1. The number of ether oxygens (including phenoxy) is 1. The quantitative estimate of drug-likeness (QED) is 0.809. The third kappa shape index (κ3) is 4.87. The largest absolute Gasteiger partial charge is 0.489 e. The maximum Gasteiger partial charge on any atom is 0.251 e. The van der Waals surface area contributed by atoms with E-state index in [0.29, 0.717) is 30.9 Å². The zero-order valence-corrected chi connectivity index (χ0v) is 15.8. The summed E-state index contributed by atoms with van der Waals surface area (Å²) < 4.78 is 10.9. The summed E-state index contributed by atoms with van der Waals surface area (Å²) in [6.07, 6.45) is 2.46. The maximum absolute atomic E-state index is 12.3. The lowest BCUT2D eigenvalue weighted by atomic mass is 10.2. The molecule has 27 heavy (non-hydrogen) atoms. The van der Waals surface area contributed by atoms with Crippen molar-refractivity contribution in [1.29, 1.82) is 0 Å². The molecule has 144 valence electrons. The van der Waals surface area contributed by atoms with Crippen molar-refractivity contribution in [2.24, 2.45) is 0 Å². The summed E-state index contributed by atoms with van der Waals surface area (Å²) in [4.78, 5) is 26.2. The van der Waals surface area contributed by atoms with E-state index in [1.54, 1.807) is 24.3 Å². The average molecular weight is 371 g/mol. The first kappa shape index (κ1) is 18.9. The van der Waals surface area contributed by atoms with Gasteiger partial charge < -0.3 is 19.5 Å². The molecule has 1 saturated heterocycles. The van der Waals surface area contributed by atoms with Gasteiger partial charge >= 0.3 is 0 Å². The highest BCUT2D eigenvalue weighted by molar-refractivity contribution is 5.94. The fourth-order valence-corrected chi connectivity index (χ4v) is 3.10. The molecule has 1 aromatic heterocycles. The van der Waals surface area contributed by atoms with Gasteiger partial charge in [0, 0.05) is 31.6 Å². The molecule has 7 nitrogen and oxygen atoms in total. The second-order valence-electron chi connectivity index (χ2n) is 6.71. The van der Waals surface area contributed by atoms with Crippen LogP contribution >= 0.6 is 0 Å². The third-order valence-corrected chi connectivity index (χ3v) is 4.74. The number of carbonyl (C=O) groups excluding carboxylic acids is 2. The molecule has 3 rings (SSSR count). The molecule has 2 aromatic rings. The minimum Gasteiger partial charge on any atom is -0.489 e. The van der Waals surface area contributed by atoms with Gasteiger partial charge in [-0.15, -0.1) is 0 Å². The number of nitrogens with zero attached hydrogens (tertiary/aromatic N) is 2. The molecule has 0 aliphatic carbocycles. The summed E-state index contributed by atoms with van der Waals surface area (Å²) in [6.45, 7) is 6.03. The van der Waals surface area contributed by atoms with Gasteiger partial charge in [-0.1, -0.05) is 11.2 Å². The van der Waals surface area contributed by atoms with Gasteiger partial charge in [-0.25, -0.2) is 0 Å². The third-order valence-electron chi connectivity index (χ3n) is 4.74. The Morgan fingerprint density at radius 2 is 2.04 bits per heavy atom. The number of likely N-dealkylation sites (tertiary alicyclic amines) is 1. The van der Waals surface area contributed by atoms with E-state index in [1.165, 1.54) is 0 Å². The number of aryl methyl sites for hydroxylation is 2. The Hall–Kier alpha value is -2.83. The smallest absolute Gasteiger partial charge is 0.251 e. The lowest BCUT2D eigenvalue weighted by molar-refractivity contribution is -0.129. The van der Waals surface area contributed by atoms with E-state index in [-0.39, 0.29) is 11.8 Å². The lowest BCUT2D eigenvalue weighted by Crippen LogP contribution is -2.32. The molecule has 1 aliphatic rings. The molecule has 2 amide bonds. The minimum atomic E-state index is -0.216. The topological polar surface area (TPSA) is 84.7 Å². The van der Waals surface area contributed by atoms with E-state index in [1.807, 2.05) is 18.7 Å². The molecule has 0 saturated carbocycles. The van der Waals surface area contributed by atoms with Gasteiger partial charge in [0.2, 0.25) is 5.91 Å². The van der Waals surface area contributed by atoms with Crippen LogP contribution in [0.25, 0.3) is 0 Å². The van der Waals surface area contributed by atoms with Gasteiger partial charge in [0.1, 0.15) is 18.1 Å². The Morgan fingerprint density at radius 1 is 1.26 bits per heavy atom. The second-order valence-corrected chi connectivity index (χ2v) is 6.71. The molecule has 1 aliphatic heterocycles. The van der Waals surface area contributed by atoms with Crippen LogP contribution in [0.2, 0.25) is 0 Å². The average Bonchev–Trinajstić information content (AvgIpc) is 3.31. The standard InChI is InChI=1S/C20H25N3O4/c1-14-18(15(2)27-22-14)13-26-17-7-5-6-16(12-17)20(25)21-9-8-19(24)23-10-3-4-11-23/h5-7,12H,3-4,8-11,13H2,1-2H3,(H,21,25). The first-order valence-electron chi connectivity index (χ1n) is 9.25. The van der Waals surface area contributed by atoms with Crippen molar-refractivity contribution in [3.8, 4) is 5.75 Å². The van der Waals surface area contributed by atoms with Crippen LogP contribution in [0.1, 0.15) is 46.6 Å². The Morgan fingerprint density at radius 3 is 2.74 bits per heavy atom. The van der Waals surface area contributed by atoms with Gasteiger partial charge in [-0.3, -0.25) is 9.59 Å². The Kier molecular flexibility index (Phi) is 6.11. The summed E-state index contributed by atoms with van der Waals surface area (Å²) >= 11 is 0. The van der Waals surface area contributed by atoms with Crippen molar-refractivity contribution in [1.82, 2.24) is 15.4 Å². The molecule has 7 heteroatoms. The van der Waals surface area contributed by atoms with E-state index in [0.717, 1.165) is 42.9 Å². The fourth-order valence-electron chi connectivity index (χ4n) is 3.10. The van der Waals surface area contributed by atoms with E-state index in [9.17, 15) is 9.59 Å². The van der Waals surface area contributed by atoms with Gasteiger partial charge in [-0.05, 0) is 44.9 Å². The monoisotopic (exact) mass is 371 g/mol. The molecule has 1 N–H and O–H groups in total. The Balaban J connectivity index is 1.50. The number of hydrogen-bond donors (Lipinski definition) is 1. The van der Waals surface area contributed by atoms with Crippen molar-refractivity contribution < 1.29 is 18.8 Å². The number of amides is 2.